The number of aromatic nitrogens is 3. The van der Waals surface area contributed by atoms with Crippen LogP contribution in [0.2, 0.25) is 0 Å². The molecule has 1 fully saturated rings. The van der Waals surface area contributed by atoms with Crippen molar-refractivity contribution in [3.05, 3.63) is 24.5 Å². The minimum Gasteiger partial charge on any atom is -0.476 e. The molecule has 1 aliphatic heterocycles. The molecule has 18 heavy (non-hydrogen) atoms. The van der Waals surface area contributed by atoms with Crippen LogP contribution in [-0.2, 0) is 4.74 Å². The molecule has 1 N–H and O–H groups in total. The molecule has 0 bridgehead atoms. The van der Waals surface area contributed by atoms with Crippen molar-refractivity contribution in [2.24, 2.45) is 0 Å². The monoisotopic (exact) mass is 252 g/mol. The fourth-order valence-electron chi connectivity index (χ4n) is 1.65. The Balaban J connectivity index is 1.92. The van der Waals surface area contributed by atoms with Crippen molar-refractivity contribution in [1.29, 1.82) is 0 Å². The number of nitrogens with zero attached hydrogens (tertiary/aromatic N) is 4. The van der Waals surface area contributed by atoms with E-state index in [2.05, 4.69) is 16.9 Å². The maximum absolute atomic E-state index is 11.4. The number of carbonyl (C=O) groups is 2. The van der Waals surface area contributed by atoms with Gasteiger partial charge in [0.2, 0.25) is 0 Å². The second-order valence-electron chi connectivity index (χ2n) is 3.79. The highest BCUT2D eigenvalue weighted by molar-refractivity contribution is 5.85. The van der Waals surface area contributed by atoms with E-state index in [0.29, 0.717) is 13.1 Å². The Morgan fingerprint density at radius 1 is 1.61 bits per heavy atom. The quantitative estimate of drug-likeness (QED) is 0.766. The summed E-state index contributed by atoms with van der Waals surface area (Å²) in [6, 6.07) is -0.171. The molecule has 1 aromatic rings. The number of carboxylic acid groups (broad SMARTS) is 1. The van der Waals surface area contributed by atoms with Gasteiger partial charge in [-0.2, -0.15) is 0 Å². The van der Waals surface area contributed by atoms with Crippen molar-refractivity contribution >= 4 is 12.1 Å². The molecule has 8 heteroatoms. The maximum atomic E-state index is 11.4. The number of ether oxygens (including phenoxy) is 1. The number of carboxylic acids is 1. The zero-order valence-electron chi connectivity index (χ0n) is 9.52. The van der Waals surface area contributed by atoms with Gasteiger partial charge in [0.15, 0.2) is 5.69 Å². The van der Waals surface area contributed by atoms with Crippen molar-refractivity contribution < 1.29 is 19.4 Å². The minimum atomic E-state index is -1.09. The first-order valence-corrected chi connectivity index (χ1v) is 5.29. The number of amides is 1. The van der Waals surface area contributed by atoms with Gasteiger partial charge in [-0.1, -0.05) is 17.9 Å². The van der Waals surface area contributed by atoms with Gasteiger partial charge in [-0.3, -0.25) is 0 Å². The van der Waals surface area contributed by atoms with Gasteiger partial charge in [-0.25, -0.2) is 14.3 Å². The van der Waals surface area contributed by atoms with Gasteiger partial charge in [0.1, 0.15) is 6.61 Å². The van der Waals surface area contributed by atoms with Gasteiger partial charge in [-0.05, 0) is 0 Å². The SMILES string of the molecule is C=CCOC(=O)N1CC(n2nncc2C(=O)O)C1. The lowest BCUT2D eigenvalue weighted by molar-refractivity contribution is 0.0547. The average Bonchev–Trinajstić information content (AvgIpc) is 2.73. The second-order valence-corrected chi connectivity index (χ2v) is 3.79. The Morgan fingerprint density at radius 2 is 2.33 bits per heavy atom. The summed E-state index contributed by atoms with van der Waals surface area (Å²) in [5, 5.41) is 16.2. The van der Waals surface area contributed by atoms with Gasteiger partial charge >= 0.3 is 12.1 Å². The summed E-state index contributed by atoms with van der Waals surface area (Å²) < 4.78 is 6.15. The molecule has 8 nitrogen and oxygen atoms in total. The first kappa shape index (κ1) is 12.1. The van der Waals surface area contributed by atoms with Crippen LogP contribution >= 0.6 is 0 Å². The van der Waals surface area contributed by atoms with Crippen LogP contribution in [0.3, 0.4) is 0 Å². The van der Waals surface area contributed by atoms with Gasteiger partial charge in [0.05, 0.1) is 12.2 Å². The van der Waals surface area contributed by atoms with Crippen LogP contribution in [0, 0.1) is 0 Å². The van der Waals surface area contributed by atoms with Gasteiger partial charge < -0.3 is 14.7 Å². The van der Waals surface area contributed by atoms with E-state index >= 15 is 0 Å². The van der Waals surface area contributed by atoms with E-state index < -0.39 is 12.1 Å². The first-order chi connectivity index (χ1) is 8.63. The molecule has 0 radical (unpaired) electrons. The van der Waals surface area contributed by atoms with Gasteiger partial charge in [0, 0.05) is 13.1 Å². The Morgan fingerprint density at radius 3 is 2.94 bits per heavy atom. The fourth-order valence-corrected chi connectivity index (χ4v) is 1.65. The Bertz CT molecular complexity index is 478. The predicted molar refractivity (Wildman–Crippen MR) is 59.1 cm³/mol. The third-order valence-electron chi connectivity index (χ3n) is 2.58. The molecule has 1 aliphatic rings. The Kier molecular flexibility index (Phi) is 3.26. The molecule has 2 rings (SSSR count). The maximum Gasteiger partial charge on any atom is 0.410 e. The standard InChI is InChI=1S/C10H12N4O4/c1-2-3-18-10(17)13-5-7(6-13)14-8(9(15)16)4-11-12-14/h2,4,7H,1,3,5-6H2,(H,15,16). The highest BCUT2D eigenvalue weighted by Gasteiger charge is 2.35. The second kappa shape index (κ2) is 4.86. The summed E-state index contributed by atoms with van der Waals surface area (Å²) in [4.78, 5) is 23.7. The third-order valence-corrected chi connectivity index (χ3v) is 2.58. The average molecular weight is 252 g/mol. The summed E-state index contributed by atoms with van der Waals surface area (Å²) in [6.45, 7) is 4.32. The molecule has 0 saturated carbocycles. The number of aromatic carboxylic acids is 1. The van der Waals surface area contributed by atoms with Crippen molar-refractivity contribution in [3.63, 3.8) is 0 Å². The van der Waals surface area contributed by atoms with Crippen molar-refractivity contribution in [3.8, 4) is 0 Å². The lowest BCUT2D eigenvalue weighted by Gasteiger charge is -2.38. The largest absolute Gasteiger partial charge is 0.476 e. The number of carbonyl (C=O) groups excluding carboxylic acids is 1. The zero-order valence-corrected chi connectivity index (χ0v) is 9.52. The third kappa shape index (κ3) is 2.17. The van der Waals surface area contributed by atoms with E-state index in [4.69, 9.17) is 9.84 Å². The first-order valence-electron chi connectivity index (χ1n) is 5.29. The molecule has 1 saturated heterocycles. The normalized spacial score (nSPS) is 15.0. The molecule has 1 amide bonds. The van der Waals surface area contributed by atoms with Crippen LogP contribution < -0.4 is 0 Å². The van der Waals surface area contributed by atoms with E-state index in [1.807, 2.05) is 0 Å². The molecule has 2 heterocycles. The molecular formula is C10H12N4O4. The van der Waals surface area contributed by atoms with Crippen LogP contribution in [0.5, 0.6) is 0 Å². The van der Waals surface area contributed by atoms with Crippen LogP contribution in [0.4, 0.5) is 4.79 Å². The number of rotatable bonds is 4. The fraction of sp³-hybridized carbons (Fsp3) is 0.400. The highest BCUT2D eigenvalue weighted by atomic mass is 16.6. The summed E-state index contributed by atoms with van der Waals surface area (Å²) in [5.41, 5.74) is 0.0131. The summed E-state index contributed by atoms with van der Waals surface area (Å²) in [6.07, 6.45) is 2.22. The molecule has 0 unspecified atom stereocenters. The van der Waals surface area contributed by atoms with Gasteiger partial charge in [-0.15, -0.1) is 5.10 Å². The number of hydrogen-bond donors (Lipinski definition) is 1. The Hall–Kier alpha value is -2.38. The molecule has 0 spiro atoms. The van der Waals surface area contributed by atoms with Crippen LogP contribution in [0.1, 0.15) is 16.5 Å². The lowest BCUT2D eigenvalue weighted by Crippen LogP contribution is -2.51. The smallest absolute Gasteiger partial charge is 0.410 e. The Labute approximate surface area is 102 Å². The minimum absolute atomic E-state index is 0.0131. The zero-order chi connectivity index (χ0) is 13.1. The van der Waals surface area contributed by atoms with Crippen LogP contribution in [0.25, 0.3) is 0 Å². The van der Waals surface area contributed by atoms with Crippen LogP contribution in [-0.4, -0.2) is 56.8 Å². The predicted octanol–water partition coefficient (Wildman–Crippen LogP) is 0.156. The van der Waals surface area contributed by atoms with Crippen molar-refractivity contribution in [1.82, 2.24) is 19.9 Å². The molecule has 0 atom stereocenters. The molecule has 1 aromatic heterocycles. The van der Waals surface area contributed by atoms with Crippen molar-refractivity contribution in [2.75, 3.05) is 19.7 Å². The summed E-state index contributed by atoms with van der Waals surface area (Å²) >= 11 is 0. The lowest BCUT2D eigenvalue weighted by atomic mass is 10.1. The summed E-state index contributed by atoms with van der Waals surface area (Å²) in [5.74, 6) is -1.09. The van der Waals surface area contributed by atoms with E-state index in [0.717, 1.165) is 0 Å². The molecule has 0 aromatic carbocycles. The molecular weight excluding hydrogens is 240 g/mol. The molecule has 96 valence electrons. The number of hydrogen-bond acceptors (Lipinski definition) is 5. The van der Waals surface area contributed by atoms with E-state index in [1.54, 1.807) is 0 Å². The van der Waals surface area contributed by atoms with E-state index in [-0.39, 0.29) is 18.3 Å². The van der Waals surface area contributed by atoms with Crippen LogP contribution in [0.15, 0.2) is 18.9 Å². The summed E-state index contributed by atoms with van der Waals surface area (Å²) in [7, 11) is 0. The van der Waals surface area contributed by atoms with Crippen molar-refractivity contribution in [2.45, 2.75) is 6.04 Å². The highest BCUT2D eigenvalue weighted by Crippen LogP contribution is 2.22. The molecule has 0 aliphatic carbocycles. The van der Waals surface area contributed by atoms with E-state index in [1.165, 1.54) is 21.9 Å². The van der Waals surface area contributed by atoms with E-state index in [9.17, 15) is 9.59 Å². The topological polar surface area (TPSA) is 97.5 Å². The van der Waals surface area contributed by atoms with Gasteiger partial charge in [0.25, 0.3) is 0 Å². The number of likely N-dealkylation sites (tertiary alicyclic amines) is 1.